The smallest absolute Gasteiger partial charge is 0.325 e. The number of nitrogens with one attached hydrogen (secondary N) is 2. The molecule has 0 unspecified atom stereocenters. The molecular weight excluding hydrogens is 329 g/mol. The number of thioether (sulfide) groups is 1. The van der Waals surface area contributed by atoms with E-state index in [9.17, 15) is 18.0 Å². The van der Waals surface area contributed by atoms with Crippen molar-refractivity contribution in [1.29, 1.82) is 0 Å². The number of nitrogens with zero attached hydrogens (tertiary/aromatic N) is 2. The third-order valence-electron chi connectivity index (χ3n) is 2.84. The van der Waals surface area contributed by atoms with E-state index in [0.717, 1.165) is 36.5 Å². The molecule has 2 aromatic rings. The Hall–Kier alpha value is -2.03. The predicted octanol–water partition coefficient (Wildman–Crippen LogP) is 3.51. The normalized spacial score (nSPS) is 11.5. The van der Waals surface area contributed by atoms with Crippen molar-refractivity contribution < 1.29 is 18.0 Å². The van der Waals surface area contributed by atoms with Gasteiger partial charge in [0.1, 0.15) is 5.82 Å². The average molecular weight is 344 g/mol. The van der Waals surface area contributed by atoms with Gasteiger partial charge in [0.25, 0.3) is 0 Å². The number of alkyl halides is 3. The van der Waals surface area contributed by atoms with Gasteiger partial charge in [-0.1, -0.05) is 30.8 Å². The molecule has 23 heavy (non-hydrogen) atoms. The average Bonchev–Trinajstić information content (AvgIpc) is 2.93. The summed E-state index contributed by atoms with van der Waals surface area (Å²) in [5.74, 6) is 0.0988. The van der Waals surface area contributed by atoms with Gasteiger partial charge in [-0.15, -0.1) is 5.10 Å². The maximum atomic E-state index is 12.8. The lowest BCUT2D eigenvalue weighted by molar-refractivity contribution is -0.137. The van der Waals surface area contributed by atoms with Crippen molar-refractivity contribution in [1.82, 2.24) is 15.2 Å². The van der Waals surface area contributed by atoms with E-state index in [1.54, 1.807) is 0 Å². The molecular formula is C14H15F3N4OS. The van der Waals surface area contributed by atoms with Crippen LogP contribution in [0.5, 0.6) is 0 Å². The van der Waals surface area contributed by atoms with E-state index >= 15 is 0 Å². The van der Waals surface area contributed by atoms with Crippen LogP contribution < -0.4 is 5.32 Å². The van der Waals surface area contributed by atoms with E-state index in [-0.39, 0.29) is 11.4 Å². The fourth-order valence-corrected chi connectivity index (χ4v) is 2.46. The van der Waals surface area contributed by atoms with Crippen LogP contribution in [-0.2, 0) is 17.4 Å². The maximum Gasteiger partial charge on any atom is 0.418 e. The Balaban J connectivity index is 1.95. The minimum Gasteiger partial charge on any atom is -0.325 e. The first-order valence-electron chi connectivity index (χ1n) is 6.90. The molecule has 0 atom stereocenters. The van der Waals surface area contributed by atoms with Crippen LogP contribution in [0.15, 0.2) is 29.4 Å². The largest absolute Gasteiger partial charge is 0.418 e. The molecule has 0 saturated carbocycles. The highest BCUT2D eigenvalue weighted by molar-refractivity contribution is 7.99. The Morgan fingerprint density at radius 2 is 2.09 bits per heavy atom. The van der Waals surface area contributed by atoms with Gasteiger partial charge >= 0.3 is 6.18 Å². The second-order valence-corrected chi connectivity index (χ2v) is 5.64. The monoisotopic (exact) mass is 344 g/mol. The lowest BCUT2D eigenvalue weighted by atomic mass is 10.1. The zero-order valence-electron chi connectivity index (χ0n) is 12.3. The molecule has 1 aromatic heterocycles. The number of anilines is 1. The zero-order valence-corrected chi connectivity index (χ0v) is 13.1. The van der Waals surface area contributed by atoms with E-state index in [4.69, 9.17) is 0 Å². The number of hydrogen-bond acceptors (Lipinski definition) is 4. The topological polar surface area (TPSA) is 70.7 Å². The molecule has 0 aliphatic carbocycles. The van der Waals surface area contributed by atoms with Crippen molar-refractivity contribution in [3.8, 4) is 0 Å². The Kier molecular flexibility index (Phi) is 5.64. The van der Waals surface area contributed by atoms with Gasteiger partial charge in [-0.2, -0.15) is 13.2 Å². The molecule has 1 heterocycles. The van der Waals surface area contributed by atoms with Gasteiger partial charge in [0.05, 0.1) is 17.0 Å². The van der Waals surface area contributed by atoms with E-state index in [1.165, 1.54) is 18.2 Å². The van der Waals surface area contributed by atoms with Crippen molar-refractivity contribution in [2.75, 3.05) is 11.1 Å². The first-order chi connectivity index (χ1) is 10.9. The molecule has 1 aromatic carbocycles. The van der Waals surface area contributed by atoms with E-state index < -0.39 is 17.6 Å². The molecule has 0 bridgehead atoms. The Labute approximate surface area is 135 Å². The molecule has 0 fully saturated rings. The summed E-state index contributed by atoms with van der Waals surface area (Å²) in [6.45, 7) is 2.00. The Morgan fingerprint density at radius 1 is 1.35 bits per heavy atom. The summed E-state index contributed by atoms with van der Waals surface area (Å²) in [4.78, 5) is 16.0. The van der Waals surface area contributed by atoms with Crippen LogP contribution in [-0.4, -0.2) is 26.8 Å². The molecule has 5 nitrogen and oxygen atoms in total. The summed E-state index contributed by atoms with van der Waals surface area (Å²) < 4.78 is 38.5. The summed E-state index contributed by atoms with van der Waals surface area (Å²) in [6, 6.07) is 4.85. The van der Waals surface area contributed by atoms with Gasteiger partial charge in [-0.05, 0) is 18.6 Å². The highest BCUT2D eigenvalue weighted by atomic mass is 32.2. The molecule has 9 heteroatoms. The van der Waals surface area contributed by atoms with Crippen LogP contribution in [0, 0.1) is 0 Å². The van der Waals surface area contributed by atoms with Crippen LogP contribution in [0.2, 0.25) is 0 Å². The van der Waals surface area contributed by atoms with E-state index in [2.05, 4.69) is 20.5 Å². The molecule has 0 spiro atoms. The number of halogens is 3. The van der Waals surface area contributed by atoms with Crippen LogP contribution in [0.25, 0.3) is 0 Å². The molecule has 0 aliphatic rings. The second-order valence-electron chi connectivity index (χ2n) is 4.69. The molecule has 1 amide bonds. The fourth-order valence-electron chi connectivity index (χ4n) is 1.85. The summed E-state index contributed by atoms with van der Waals surface area (Å²) in [7, 11) is 0. The molecule has 2 N–H and O–H groups in total. The molecule has 2 rings (SSSR count). The SMILES string of the molecule is CCCc1nc(SCC(=O)Nc2ccccc2C(F)(F)F)n[nH]1. The number of carbonyl (C=O) groups is 1. The zero-order chi connectivity index (χ0) is 16.9. The molecule has 0 radical (unpaired) electrons. The van der Waals surface area contributed by atoms with Crippen molar-refractivity contribution in [3.05, 3.63) is 35.7 Å². The molecule has 0 aliphatic heterocycles. The number of hydrogen-bond donors (Lipinski definition) is 2. The fraction of sp³-hybridized carbons (Fsp3) is 0.357. The summed E-state index contributed by atoms with van der Waals surface area (Å²) in [6.07, 6.45) is -2.86. The third kappa shape index (κ3) is 4.98. The van der Waals surface area contributed by atoms with Gasteiger partial charge < -0.3 is 5.32 Å². The van der Waals surface area contributed by atoms with Gasteiger partial charge in [0.15, 0.2) is 0 Å². The number of aromatic amines is 1. The number of H-pyrrole nitrogens is 1. The van der Waals surface area contributed by atoms with Crippen LogP contribution in [0.4, 0.5) is 18.9 Å². The number of benzene rings is 1. The number of amides is 1. The van der Waals surface area contributed by atoms with Crippen molar-refractivity contribution in [2.24, 2.45) is 0 Å². The highest BCUT2D eigenvalue weighted by Gasteiger charge is 2.33. The minimum absolute atomic E-state index is 0.0738. The number of carbonyl (C=O) groups excluding carboxylic acids is 1. The van der Waals surface area contributed by atoms with Crippen LogP contribution >= 0.6 is 11.8 Å². The van der Waals surface area contributed by atoms with Crippen molar-refractivity contribution in [2.45, 2.75) is 31.1 Å². The maximum absolute atomic E-state index is 12.8. The van der Waals surface area contributed by atoms with Gasteiger partial charge in [0.2, 0.25) is 11.1 Å². The minimum atomic E-state index is -4.52. The highest BCUT2D eigenvalue weighted by Crippen LogP contribution is 2.34. The predicted molar refractivity (Wildman–Crippen MR) is 81.2 cm³/mol. The first kappa shape index (κ1) is 17.3. The first-order valence-corrected chi connectivity index (χ1v) is 7.89. The Morgan fingerprint density at radius 3 is 2.78 bits per heavy atom. The summed E-state index contributed by atoms with van der Waals surface area (Å²) in [5.41, 5.74) is -1.13. The van der Waals surface area contributed by atoms with Crippen LogP contribution in [0.1, 0.15) is 24.7 Å². The van der Waals surface area contributed by atoms with Gasteiger partial charge in [-0.25, -0.2) is 4.98 Å². The third-order valence-corrected chi connectivity index (χ3v) is 3.68. The standard InChI is InChI=1S/C14H15F3N4OS/c1-2-5-11-19-13(21-20-11)23-8-12(22)18-10-7-4-3-6-9(10)14(15,16)17/h3-4,6-7H,2,5,8H2,1H3,(H,18,22)(H,19,20,21). The van der Waals surface area contributed by atoms with Crippen molar-refractivity contribution >= 4 is 23.4 Å². The summed E-state index contributed by atoms with van der Waals surface area (Å²) >= 11 is 1.06. The van der Waals surface area contributed by atoms with Gasteiger partial charge in [0, 0.05) is 6.42 Å². The summed E-state index contributed by atoms with van der Waals surface area (Å²) in [5, 5.41) is 9.35. The lowest BCUT2D eigenvalue weighted by Crippen LogP contribution is -2.18. The number of para-hydroxylation sites is 1. The van der Waals surface area contributed by atoms with Gasteiger partial charge in [-0.3, -0.25) is 9.89 Å². The molecule has 0 saturated heterocycles. The van der Waals surface area contributed by atoms with E-state index in [1.807, 2.05) is 6.92 Å². The number of aryl methyl sites for hydroxylation is 1. The quantitative estimate of drug-likeness (QED) is 0.787. The second kappa shape index (κ2) is 7.49. The lowest BCUT2D eigenvalue weighted by Gasteiger charge is -2.13. The Bertz CT molecular complexity index is 672. The van der Waals surface area contributed by atoms with Crippen molar-refractivity contribution in [3.63, 3.8) is 0 Å². The number of rotatable bonds is 6. The van der Waals surface area contributed by atoms with E-state index in [0.29, 0.717) is 5.16 Å². The molecule has 124 valence electrons. The van der Waals surface area contributed by atoms with Crippen LogP contribution in [0.3, 0.4) is 0 Å². The number of aromatic nitrogens is 3.